The Hall–Kier alpha value is -2.66. The topological polar surface area (TPSA) is 55.4 Å². The Morgan fingerprint density at radius 3 is 2.50 bits per heavy atom. The standard InChI is InChI=1S/C20H19ClFNO3/c1-13(2)14-6-8-15(9-7-14)23-19(24)12-26-20(25)11-10-16-17(21)4-3-5-18(16)22/h3-11,13H,12H2,1-2H3,(H,23,24)/b11-10+. The number of rotatable bonds is 6. The molecular weight excluding hydrogens is 357 g/mol. The lowest BCUT2D eigenvalue weighted by Crippen LogP contribution is -2.20. The predicted octanol–water partition coefficient (Wildman–Crippen LogP) is 4.80. The number of ether oxygens (including phenoxy) is 1. The number of hydrogen-bond donors (Lipinski definition) is 1. The second kappa shape index (κ2) is 9.15. The largest absolute Gasteiger partial charge is 0.452 e. The van der Waals surface area contributed by atoms with Crippen LogP contribution in [0.4, 0.5) is 10.1 Å². The molecule has 0 aliphatic rings. The number of nitrogens with one attached hydrogen (secondary N) is 1. The highest BCUT2D eigenvalue weighted by molar-refractivity contribution is 6.32. The summed E-state index contributed by atoms with van der Waals surface area (Å²) in [5.74, 6) is -1.39. The van der Waals surface area contributed by atoms with E-state index >= 15 is 0 Å². The zero-order chi connectivity index (χ0) is 19.1. The van der Waals surface area contributed by atoms with E-state index in [1.165, 1.54) is 24.3 Å². The molecule has 2 aromatic rings. The number of anilines is 1. The van der Waals surface area contributed by atoms with Crippen molar-refractivity contribution in [2.45, 2.75) is 19.8 Å². The van der Waals surface area contributed by atoms with Crippen LogP contribution in [0.2, 0.25) is 5.02 Å². The molecule has 1 amide bonds. The van der Waals surface area contributed by atoms with E-state index in [1.807, 2.05) is 12.1 Å². The van der Waals surface area contributed by atoms with E-state index in [2.05, 4.69) is 19.2 Å². The van der Waals surface area contributed by atoms with Crippen molar-refractivity contribution in [3.63, 3.8) is 0 Å². The average Bonchev–Trinajstić information content (AvgIpc) is 2.60. The number of esters is 1. The van der Waals surface area contributed by atoms with Crippen LogP contribution < -0.4 is 5.32 Å². The summed E-state index contributed by atoms with van der Waals surface area (Å²) >= 11 is 5.85. The fourth-order valence-corrected chi connectivity index (χ4v) is 2.38. The molecule has 0 unspecified atom stereocenters. The monoisotopic (exact) mass is 375 g/mol. The van der Waals surface area contributed by atoms with Crippen LogP contribution in [0.5, 0.6) is 0 Å². The molecule has 0 heterocycles. The molecule has 0 bridgehead atoms. The van der Waals surface area contributed by atoms with Crippen LogP contribution in [0.1, 0.15) is 30.9 Å². The van der Waals surface area contributed by atoms with Gasteiger partial charge >= 0.3 is 5.97 Å². The number of carbonyl (C=O) groups is 2. The first-order chi connectivity index (χ1) is 12.4. The van der Waals surface area contributed by atoms with Crippen molar-refractivity contribution < 1.29 is 18.7 Å². The van der Waals surface area contributed by atoms with Crippen LogP contribution >= 0.6 is 11.6 Å². The molecule has 1 N–H and O–H groups in total. The first-order valence-electron chi connectivity index (χ1n) is 8.05. The summed E-state index contributed by atoms with van der Waals surface area (Å²) < 4.78 is 18.4. The molecule has 0 aliphatic heterocycles. The highest BCUT2D eigenvalue weighted by Gasteiger charge is 2.08. The van der Waals surface area contributed by atoms with Gasteiger partial charge in [0.25, 0.3) is 5.91 Å². The van der Waals surface area contributed by atoms with Gasteiger partial charge in [0, 0.05) is 17.3 Å². The summed E-state index contributed by atoms with van der Waals surface area (Å²) in [6, 6.07) is 11.6. The molecule has 6 heteroatoms. The summed E-state index contributed by atoms with van der Waals surface area (Å²) in [6.07, 6.45) is 2.23. The molecule has 2 aromatic carbocycles. The number of carbonyl (C=O) groups excluding carboxylic acids is 2. The van der Waals surface area contributed by atoms with E-state index in [0.29, 0.717) is 11.6 Å². The summed E-state index contributed by atoms with van der Waals surface area (Å²) in [6.45, 7) is 3.71. The van der Waals surface area contributed by atoms with Crippen molar-refractivity contribution in [2.75, 3.05) is 11.9 Å². The maximum Gasteiger partial charge on any atom is 0.331 e. The van der Waals surface area contributed by atoms with E-state index in [9.17, 15) is 14.0 Å². The minimum atomic E-state index is -0.769. The molecule has 0 radical (unpaired) electrons. The second-order valence-electron chi connectivity index (χ2n) is 5.90. The lowest BCUT2D eigenvalue weighted by Gasteiger charge is -2.08. The van der Waals surface area contributed by atoms with E-state index in [-0.39, 0.29) is 10.6 Å². The molecule has 0 fully saturated rings. The normalized spacial score (nSPS) is 11.0. The molecule has 136 valence electrons. The van der Waals surface area contributed by atoms with Crippen molar-refractivity contribution in [2.24, 2.45) is 0 Å². The SMILES string of the molecule is CC(C)c1ccc(NC(=O)COC(=O)/C=C/c2c(F)cccc2Cl)cc1. The zero-order valence-electron chi connectivity index (χ0n) is 14.5. The number of hydrogen-bond acceptors (Lipinski definition) is 3. The molecule has 26 heavy (non-hydrogen) atoms. The summed E-state index contributed by atoms with van der Waals surface area (Å²) in [7, 11) is 0. The Bertz CT molecular complexity index is 796. The molecule has 0 spiro atoms. The zero-order valence-corrected chi connectivity index (χ0v) is 15.2. The quantitative estimate of drug-likeness (QED) is 0.583. The number of benzene rings is 2. The van der Waals surface area contributed by atoms with E-state index < -0.39 is 24.3 Å². The summed E-state index contributed by atoms with van der Waals surface area (Å²) in [5.41, 5.74) is 1.86. The third kappa shape index (κ3) is 5.70. The van der Waals surface area contributed by atoms with Crippen molar-refractivity contribution in [1.29, 1.82) is 0 Å². The van der Waals surface area contributed by atoms with Crippen LogP contribution in [0.3, 0.4) is 0 Å². The highest BCUT2D eigenvalue weighted by atomic mass is 35.5. The lowest BCUT2D eigenvalue weighted by molar-refractivity contribution is -0.142. The van der Waals surface area contributed by atoms with Gasteiger partial charge in [-0.05, 0) is 41.8 Å². The van der Waals surface area contributed by atoms with Gasteiger partial charge in [0.15, 0.2) is 6.61 Å². The molecule has 0 atom stereocenters. The van der Waals surface area contributed by atoms with Gasteiger partial charge in [-0.1, -0.05) is 43.6 Å². The first-order valence-corrected chi connectivity index (χ1v) is 8.43. The Balaban J connectivity index is 1.85. The minimum absolute atomic E-state index is 0.0841. The Morgan fingerprint density at radius 2 is 1.88 bits per heavy atom. The van der Waals surface area contributed by atoms with Gasteiger partial charge in [-0.2, -0.15) is 0 Å². The van der Waals surface area contributed by atoms with E-state index in [1.54, 1.807) is 12.1 Å². The van der Waals surface area contributed by atoms with Crippen LogP contribution in [-0.2, 0) is 14.3 Å². The van der Waals surface area contributed by atoms with E-state index in [4.69, 9.17) is 16.3 Å². The van der Waals surface area contributed by atoms with Gasteiger partial charge in [-0.3, -0.25) is 4.79 Å². The molecule has 0 saturated heterocycles. The van der Waals surface area contributed by atoms with Crippen molar-refractivity contribution in [1.82, 2.24) is 0 Å². The molecule has 4 nitrogen and oxygen atoms in total. The number of amides is 1. The minimum Gasteiger partial charge on any atom is -0.452 e. The third-order valence-corrected chi connectivity index (χ3v) is 3.92. The van der Waals surface area contributed by atoms with Gasteiger partial charge in [0.1, 0.15) is 5.82 Å². The maximum atomic E-state index is 13.6. The Kier molecular flexibility index (Phi) is 6.92. The fraction of sp³-hybridized carbons (Fsp3) is 0.200. The second-order valence-corrected chi connectivity index (χ2v) is 6.31. The van der Waals surface area contributed by atoms with Crippen LogP contribution in [-0.4, -0.2) is 18.5 Å². The summed E-state index contributed by atoms with van der Waals surface area (Å²) in [4.78, 5) is 23.5. The van der Waals surface area contributed by atoms with Gasteiger partial charge < -0.3 is 10.1 Å². The van der Waals surface area contributed by atoms with Crippen molar-refractivity contribution >= 4 is 35.2 Å². The molecule has 0 aromatic heterocycles. The van der Waals surface area contributed by atoms with Crippen LogP contribution in [0.25, 0.3) is 6.08 Å². The smallest absolute Gasteiger partial charge is 0.331 e. The molecular formula is C20H19ClFNO3. The fourth-order valence-electron chi connectivity index (χ4n) is 2.15. The maximum absolute atomic E-state index is 13.6. The number of halogens is 2. The Morgan fingerprint density at radius 1 is 1.19 bits per heavy atom. The highest BCUT2D eigenvalue weighted by Crippen LogP contribution is 2.20. The van der Waals surface area contributed by atoms with E-state index in [0.717, 1.165) is 11.6 Å². The van der Waals surface area contributed by atoms with Crippen molar-refractivity contribution in [3.8, 4) is 0 Å². The lowest BCUT2D eigenvalue weighted by atomic mass is 10.0. The Labute approximate surface area is 156 Å². The van der Waals surface area contributed by atoms with Gasteiger partial charge in [0.05, 0.1) is 5.02 Å². The molecule has 0 saturated carbocycles. The first kappa shape index (κ1) is 19.7. The molecule has 2 rings (SSSR count). The predicted molar refractivity (Wildman–Crippen MR) is 101 cm³/mol. The van der Waals surface area contributed by atoms with Gasteiger partial charge in [-0.25, -0.2) is 9.18 Å². The molecule has 0 aliphatic carbocycles. The summed E-state index contributed by atoms with van der Waals surface area (Å²) in [5, 5.41) is 2.81. The average molecular weight is 376 g/mol. The third-order valence-electron chi connectivity index (χ3n) is 3.59. The van der Waals surface area contributed by atoms with Crippen LogP contribution in [0.15, 0.2) is 48.5 Å². The van der Waals surface area contributed by atoms with Crippen molar-refractivity contribution in [3.05, 3.63) is 70.5 Å². The van der Waals surface area contributed by atoms with Gasteiger partial charge in [-0.15, -0.1) is 0 Å². The van der Waals surface area contributed by atoms with Crippen LogP contribution in [0, 0.1) is 5.82 Å². The van der Waals surface area contributed by atoms with Gasteiger partial charge in [0.2, 0.25) is 0 Å².